The molecule has 0 fully saturated rings. The molecular weight excluding hydrogens is 344 g/mol. The van der Waals surface area contributed by atoms with E-state index in [4.69, 9.17) is 18.9 Å². The highest BCUT2D eigenvalue weighted by Crippen LogP contribution is 2.29. The Morgan fingerprint density at radius 2 is 1.96 bits per heavy atom. The summed E-state index contributed by atoms with van der Waals surface area (Å²) in [4.78, 5) is 12.5. The fourth-order valence-corrected chi connectivity index (χ4v) is 2.68. The van der Waals surface area contributed by atoms with Gasteiger partial charge in [-0.15, -0.1) is 0 Å². The van der Waals surface area contributed by atoms with Crippen molar-refractivity contribution in [3.63, 3.8) is 0 Å². The smallest absolute Gasteiger partial charge is 0.185 e. The molecular formula is C22H22O5. The summed E-state index contributed by atoms with van der Waals surface area (Å²) in [6, 6.07) is 12.9. The number of ether oxygens (including phenoxy) is 4. The van der Waals surface area contributed by atoms with Crippen molar-refractivity contribution in [2.24, 2.45) is 0 Å². The second-order valence-corrected chi connectivity index (χ2v) is 5.95. The van der Waals surface area contributed by atoms with Crippen LogP contribution in [0.5, 0.6) is 17.2 Å². The Balaban J connectivity index is 1.71. The first-order chi connectivity index (χ1) is 13.2. The first-order valence-electron chi connectivity index (χ1n) is 8.66. The third-order valence-corrected chi connectivity index (χ3v) is 4.10. The van der Waals surface area contributed by atoms with Gasteiger partial charge >= 0.3 is 0 Å². The molecule has 2 aromatic rings. The Kier molecular flexibility index (Phi) is 6.28. The minimum Gasteiger partial charge on any atom is -0.493 e. The molecule has 0 spiro atoms. The molecule has 0 saturated carbocycles. The van der Waals surface area contributed by atoms with Crippen molar-refractivity contribution in [2.45, 2.75) is 0 Å². The first kappa shape index (κ1) is 18.7. The van der Waals surface area contributed by atoms with Gasteiger partial charge in [-0.05, 0) is 42.0 Å². The minimum absolute atomic E-state index is 0.114. The summed E-state index contributed by atoms with van der Waals surface area (Å²) in [6.07, 6.45) is 5.35. The zero-order valence-corrected chi connectivity index (χ0v) is 15.4. The lowest BCUT2D eigenvalue weighted by Crippen LogP contribution is -2.07. The lowest BCUT2D eigenvalue weighted by molar-refractivity contribution is 0.104. The summed E-state index contributed by atoms with van der Waals surface area (Å²) in [7, 11) is 3.16. The zero-order chi connectivity index (χ0) is 19.1. The van der Waals surface area contributed by atoms with Crippen LogP contribution >= 0.6 is 0 Å². The standard InChI is InChI=1S/C22H22O5/c1-24-11-12-26-21-10-8-17(14-22(21)25-2)19(23)9-7-16-13-18-5-3-4-6-20(18)27-15-16/h3-10,13-14H,11-12,15H2,1-2H3/b9-7+. The second-order valence-electron chi connectivity index (χ2n) is 5.95. The highest BCUT2D eigenvalue weighted by molar-refractivity contribution is 6.05. The quantitative estimate of drug-likeness (QED) is 0.402. The third-order valence-electron chi connectivity index (χ3n) is 4.10. The number of para-hydroxylation sites is 1. The maximum atomic E-state index is 12.5. The predicted molar refractivity (Wildman–Crippen MR) is 104 cm³/mol. The predicted octanol–water partition coefficient (Wildman–Crippen LogP) is 3.94. The average Bonchev–Trinajstić information content (AvgIpc) is 2.72. The zero-order valence-electron chi connectivity index (χ0n) is 15.4. The molecule has 0 radical (unpaired) electrons. The number of carbonyl (C=O) groups excluding carboxylic acids is 1. The van der Waals surface area contributed by atoms with Crippen molar-refractivity contribution < 1.29 is 23.7 Å². The van der Waals surface area contributed by atoms with Crippen LogP contribution in [-0.4, -0.2) is 39.8 Å². The van der Waals surface area contributed by atoms with Crippen molar-refractivity contribution in [3.05, 3.63) is 71.3 Å². The van der Waals surface area contributed by atoms with Crippen LogP contribution in [0.25, 0.3) is 6.08 Å². The summed E-state index contributed by atoms with van der Waals surface area (Å²) in [6.45, 7) is 1.33. The van der Waals surface area contributed by atoms with E-state index in [2.05, 4.69) is 0 Å². The Morgan fingerprint density at radius 1 is 1.11 bits per heavy atom. The normalized spacial score (nSPS) is 12.9. The largest absolute Gasteiger partial charge is 0.493 e. The van der Waals surface area contributed by atoms with Gasteiger partial charge in [-0.1, -0.05) is 24.3 Å². The van der Waals surface area contributed by atoms with Crippen molar-refractivity contribution >= 4 is 11.9 Å². The van der Waals surface area contributed by atoms with E-state index in [0.717, 1.165) is 16.9 Å². The molecule has 140 valence electrons. The van der Waals surface area contributed by atoms with Crippen LogP contribution < -0.4 is 14.2 Å². The van der Waals surface area contributed by atoms with Crippen LogP contribution in [0.1, 0.15) is 15.9 Å². The fraction of sp³-hybridized carbons (Fsp3) is 0.227. The Morgan fingerprint density at radius 3 is 2.78 bits per heavy atom. The highest BCUT2D eigenvalue weighted by Gasteiger charge is 2.11. The minimum atomic E-state index is -0.114. The molecule has 0 amide bonds. The molecule has 0 unspecified atom stereocenters. The molecule has 27 heavy (non-hydrogen) atoms. The Labute approximate surface area is 158 Å². The lowest BCUT2D eigenvalue weighted by atomic mass is 10.1. The topological polar surface area (TPSA) is 54.0 Å². The first-order valence-corrected chi connectivity index (χ1v) is 8.66. The average molecular weight is 366 g/mol. The molecule has 0 aromatic heterocycles. The summed E-state index contributed by atoms with van der Waals surface area (Å²) in [5, 5.41) is 0. The number of ketones is 1. The molecule has 5 heteroatoms. The molecule has 5 nitrogen and oxygen atoms in total. The lowest BCUT2D eigenvalue weighted by Gasteiger charge is -2.15. The number of methoxy groups -OCH3 is 2. The van der Waals surface area contributed by atoms with Gasteiger partial charge in [-0.2, -0.15) is 0 Å². The van der Waals surface area contributed by atoms with Crippen molar-refractivity contribution in [2.75, 3.05) is 34.0 Å². The molecule has 0 saturated heterocycles. The molecule has 2 aromatic carbocycles. The molecule has 0 aliphatic carbocycles. The number of carbonyl (C=O) groups is 1. The van der Waals surface area contributed by atoms with Gasteiger partial charge in [0.05, 0.1) is 13.7 Å². The maximum Gasteiger partial charge on any atom is 0.185 e. The van der Waals surface area contributed by atoms with E-state index in [0.29, 0.717) is 36.9 Å². The van der Waals surface area contributed by atoms with Gasteiger partial charge in [0.2, 0.25) is 0 Å². The van der Waals surface area contributed by atoms with Gasteiger partial charge in [0.25, 0.3) is 0 Å². The number of hydrogen-bond donors (Lipinski definition) is 0. The fourth-order valence-electron chi connectivity index (χ4n) is 2.68. The van der Waals surface area contributed by atoms with Crippen LogP contribution in [-0.2, 0) is 4.74 Å². The van der Waals surface area contributed by atoms with Gasteiger partial charge < -0.3 is 18.9 Å². The van der Waals surface area contributed by atoms with E-state index < -0.39 is 0 Å². The van der Waals surface area contributed by atoms with Gasteiger partial charge in [0, 0.05) is 18.2 Å². The van der Waals surface area contributed by atoms with E-state index in [9.17, 15) is 4.79 Å². The molecule has 1 aliphatic rings. The van der Waals surface area contributed by atoms with Crippen LogP contribution in [0, 0.1) is 0 Å². The molecule has 0 N–H and O–H groups in total. The highest BCUT2D eigenvalue weighted by atomic mass is 16.5. The van der Waals surface area contributed by atoms with E-state index in [1.54, 1.807) is 44.6 Å². The molecule has 0 atom stereocenters. The van der Waals surface area contributed by atoms with E-state index in [1.807, 2.05) is 30.3 Å². The molecule has 1 heterocycles. The second kappa shape index (κ2) is 9.05. The third kappa shape index (κ3) is 4.77. The van der Waals surface area contributed by atoms with E-state index in [1.165, 1.54) is 0 Å². The Hall–Kier alpha value is -3.05. The monoisotopic (exact) mass is 366 g/mol. The number of fused-ring (bicyclic) bond motifs is 1. The van der Waals surface area contributed by atoms with Crippen molar-refractivity contribution in [3.8, 4) is 17.2 Å². The SMILES string of the molecule is COCCOc1ccc(C(=O)/C=C/C2=Cc3ccccc3OC2)cc1OC. The molecule has 3 rings (SSSR count). The number of benzene rings is 2. The van der Waals surface area contributed by atoms with Crippen LogP contribution in [0.4, 0.5) is 0 Å². The Bertz CT molecular complexity index is 867. The van der Waals surface area contributed by atoms with Gasteiger partial charge in [0.1, 0.15) is 19.0 Å². The summed E-state index contributed by atoms with van der Waals surface area (Å²) in [5.41, 5.74) is 2.48. The van der Waals surface area contributed by atoms with Crippen LogP contribution in [0.15, 0.2) is 60.2 Å². The summed E-state index contributed by atoms with van der Waals surface area (Å²) < 4.78 is 21.6. The molecule has 0 bridgehead atoms. The number of hydrogen-bond acceptors (Lipinski definition) is 5. The van der Waals surface area contributed by atoms with Gasteiger partial charge in [0.15, 0.2) is 17.3 Å². The molecule has 1 aliphatic heterocycles. The number of rotatable bonds is 8. The van der Waals surface area contributed by atoms with Gasteiger partial charge in [-0.25, -0.2) is 0 Å². The van der Waals surface area contributed by atoms with E-state index >= 15 is 0 Å². The summed E-state index contributed by atoms with van der Waals surface area (Å²) >= 11 is 0. The summed E-state index contributed by atoms with van der Waals surface area (Å²) in [5.74, 6) is 1.83. The van der Waals surface area contributed by atoms with Crippen molar-refractivity contribution in [1.29, 1.82) is 0 Å². The van der Waals surface area contributed by atoms with Crippen LogP contribution in [0.2, 0.25) is 0 Å². The van der Waals surface area contributed by atoms with Crippen molar-refractivity contribution in [1.82, 2.24) is 0 Å². The van der Waals surface area contributed by atoms with Crippen LogP contribution in [0.3, 0.4) is 0 Å². The van der Waals surface area contributed by atoms with E-state index in [-0.39, 0.29) is 5.78 Å². The van der Waals surface area contributed by atoms with Gasteiger partial charge in [-0.3, -0.25) is 4.79 Å². The number of allylic oxidation sites excluding steroid dienone is 1. The maximum absolute atomic E-state index is 12.5.